The SMILES string of the molecule is COc1ccc(C23C(=O)N(Nc4ccc(Cl)cc4Cl)C(=O)C2CC2C(=CCC4C(=O)N(c5ccc(C(=O)c6ccccc6)cc5)C(=O)C42)C3c2cc(Br)cc(OC)c2O)cc1. The normalized spacial score (nSPS) is 24.2. The monoisotopic (exact) mass is 919 g/mol. The first-order chi connectivity index (χ1) is 29.4. The van der Waals surface area contributed by atoms with E-state index in [1.807, 2.05) is 12.1 Å². The second-order valence-electron chi connectivity index (χ2n) is 15.5. The van der Waals surface area contributed by atoms with Gasteiger partial charge >= 0.3 is 0 Å². The summed E-state index contributed by atoms with van der Waals surface area (Å²) in [6.45, 7) is 0. The van der Waals surface area contributed by atoms with Crippen molar-refractivity contribution in [1.29, 1.82) is 0 Å². The van der Waals surface area contributed by atoms with Gasteiger partial charge in [-0.3, -0.25) is 34.3 Å². The molecule has 2 saturated heterocycles. The number of aromatic hydroxyl groups is 1. The summed E-state index contributed by atoms with van der Waals surface area (Å²) in [6, 6.07) is 30.0. The van der Waals surface area contributed by atoms with Crippen molar-refractivity contribution in [1.82, 2.24) is 5.01 Å². The fraction of sp³-hybridized carbons (Fsp3) is 0.213. The van der Waals surface area contributed by atoms with E-state index in [2.05, 4.69) is 21.4 Å². The lowest BCUT2D eigenvalue weighted by Crippen LogP contribution is -2.53. The van der Waals surface area contributed by atoms with Gasteiger partial charge in [-0.1, -0.05) is 93.2 Å². The van der Waals surface area contributed by atoms with Crippen LogP contribution >= 0.6 is 39.1 Å². The van der Waals surface area contributed by atoms with Crippen LogP contribution in [0.5, 0.6) is 17.2 Å². The van der Waals surface area contributed by atoms with Crippen molar-refractivity contribution in [2.45, 2.75) is 24.2 Å². The van der Waals surface area contributed by atoms with Crippen LogP contribution in [0.15, 0.2) is 125 Å². The van der Waals surface area contributed by atoms with Gasteiger partial charge in [-0.25, -0.2) is 0 Å². The van der Waals surface area contributed by atoms with Crippen molar-refractivity contribution >= 4 is 79.9 Å². The number of allylic oxidation sites excluding steroid dienone is 2. The summed E-state index contributed by atoms with van der Waals surface area (Å²) in [5.74, 6) is -6.49. The predicted molar refractivity (Wildman–Crippen MR) is 232 cm³/mol. The number of imide groups is 2. The highest BCUT2D eigenvalue weighted by Crippen LogP contribution is 2.65. The van der Waals surface area contributed by atoms with Crippen LogP contribution in [0.3, 0.4) is 0 Å². The van der Waals surface area contributed by atoms with Crippen LogP contribution in [0.4, 0.5) is 11.4 Å². The van der Waals surface area contributed by atoms with E-state index in [0.717, 1.165) is 5.01 Å². The number of benzene rings is 5. The molecular weight excluding hydrogens is 885 g/mol. The van der Waals surface area contributed by atoms with E-state index < -0.39 is 58.6 Å². The zero-order valence-corrected chi connectivity index (χ0v) is 35.7. The number of ketones is 1. The third-order valence-corrected chi connectivity index (χ3v) is 13.6. The molecule has 1 saturated carbocycles. The molecule has 308 valence electrons. The van der Waals surface area contributed by atoms with Gasteiger partial charge in [0, 0.05) is 32.1 Å². The Morgan fingerprint density at radius 3 is 2.20 bits per heavy atom. The van der Waals surface area contributed by atoms with E-state index in [9.17, 15) is 19.5 Å². The van der Waals surface area contributed by atoms with E-state index in [1.54, 1.807) is 97.1 Å². The molecule has 2 aliphatic carbocycles. The van der Waals surface area contributed by atoms with Gasteiger partial charge in [0.15, 0.2) is 17.3 Å². The summed E-state index contributed by atoms with van der Waals surface area (Å²) in [7, 11) is 2.93. The number of carbonyl (C=O) groups excluding carboxylic acids is 5. The minimum absolute atomic E-state index is 0.00983. The molecule has 0 spiro atoms. The number of amides is 4. The van der Waals surface area contributed by atoms with Gasteiger partial charge in [-0.05, 0) is 91.1 Å². The third kappa shape index (κ3) is 6.33. The molecule has 9 rings (SSSR count). The number of hydrazine groups is 1. The van der Waals surface area contributed by atoms with E-state index >= 15 is 9.59 Å². The topological polar surface area (TPSA) is 143 Å². The number of phenolic OH excluding ortho intramolecular Hbond substituents is 1. The Morgan fingerprint density at radius 2 is 1.52 bits per heavy atom. The van der Waals surface area contributed by atoms with Crippen LogP contribution in [0.25, 0.3) is 0 Å². The van der Waals surface area contributed by atoms with Crippen molar-refractivity contribution in [3.05, 3.63) is 158 Å². The highest BCUT2D eigenvalue weighted by Gasteiger charge is 2.71. The van der Waals surface area contributed by atoms with Crippen molar-refractivity contribution in [3.63, 3.8) is 0 Å². The first kappa shape index (κ1) is 40.5. The smallest absolute Gasteiger partial charge is 0.260 e. The van der Waals surface area contributed by atoms with Crippen LogP contribution in [-0.4, -0.2) is 53.7 Å². The Bertz CT molecular complexity index is 2690. The molecule has 2 N–H and O–H groups in total. The molecule has 6 unspecified atom stereocenters. The molecule has 61 heavy (non-hydrogen) atoms. The molecule has 4 aliphatic rings. The molecule has 3 fully saturated rings. The van der Waals surface area contributed by atoms with E-state index in [0.29, 0.717) is 43.2 Å². The standard InChI is InChI=1S/C47H36BrCl2N3O8/c1-60-30-15-10-26(11-16-30)47-35(44(57)53(46(47)59)51-37-19-12-28(49)22-36(37)50)23-33-31(40(47)34-20-27(48)21-38(61-2)42(34)55)17-18-32-39(33)45(58)52(43(32)56)29-13-8-25(9-14-29)41(54)24-6-4-3-5-7-24/h3-17,19-22,32-33,35,39-40,51,55H,18,23H2,1-2H3. The summed E-state index contributed by atoms with van der Waals surface area (Å²) in [4.78, 5) is 74.3. The molecule has 2 aliphatic heterocycles. The first-order valence-corrected chi connectivity index (χ1v) is 21.0. The molecule has 0 radical (unpaired) electrons. The number of carbonyl (C=O) groups is 5. The molecule has 5 aromatic rings. The number of hydrogen-bond acceptors (Lipinski definition) is 9. The van der Waals surface area contributed by atoms with Crippen LogP contribution in [0.1, 0.15) is 45.8 Å². The third-order valence-electron chi connectivity index (χ3n) is 12.6. The van der Waals surface area contributed by atoms with Crippen LogP contribution in [-0.2, 0) is 24.6 Å². The van der Waals surface area contributed by atoms with Crippen molar-refractivity contribution in [3.8, 4) is 17.2 Å². The minimum atomic E-state index is -1.71. The maximum atomic E-state index is 15.6. The molecule has 4 amide bonds. The Morgan fingerprint density at radius 1 is 0.820 bits per heavy atom. The summed E-state index contributed by atoms with van der Waals surface area (Å²) in [5, 5.41) is 13.5. The second kappa shape index (κ2) is 15.5. The summed E-state index contributed by atoms with van der Waals surface area (Å²) >= 11 is 16.4. The molecular formula is C47H36BrCl2N3O8. The van der Waals surface area contributed by atoms with Crippen molar-refractivity contribution in [2.24, 2.45) is 23.7 Å². The van der Waals surface area contributed by atoms with E-state index in [4.69, 9.17) is 32.7 Å². The number of hydrogen-bond donors (Lipinski definition) is 2. The minimum Gasteiger partial charge on any atom is -0.504 e. The number of halogens is 3. The maximum Gasteiger partial charge on any atom is 0.260 e. The van der Waals surface area contributed by atoms with Crippen molar-refractivity contribution < 1.29 is 38.6 Å². The summed E-state index contributed by atoms with van der Waals surface area (Å²) in [5.41, 5.74) is 4.10. The van der Waals surface area contributed by atoms with Gasteiger partial charge < -0.3 is 14.6 Å². The van der Waals surface area contributed by atoms with Crippen LogP contribution < -0.4 is 19.8 Å². The Balaban J connectivity index is 1.19. The highest BCUT2D eigenvalue weighted by molar-refractivity contribution is 9.10. The van der Waals surface area contributed by atoms with E-state index in [1.165, 1.54) is 25.2 Å². The lowest BCUT2D eigenvalue weighted by atomic mass is 9.49. The summed E-state index contributed by atoms with van der Waals surface area (Å²) in [6.07, 6.45) is 2.05. The zero-order valence-electron chi connectivity index (χ0n) is 32.6. The van der Waals surface area contributed by atoms with Gasteiger partial charge in [-0.15, -0.1) is 0 Å². The molecule has 0 bridgehead atoms. The zero-order chi connectivity index (χ0) is 42.9. The Labute approximate surface area is 368 Å². The number of methoxy groups -OCH3 is 2. The molecule has 0 aromatic heterocycles. The lowest BCUT2D eigenvalue weighted by Gasteiger charge is -2.50. The molecule has 14 heteroatoms. The van der Waals surface area contributed by atoms with Gasteiger partial charge in [-0.2, -0.15) is 5.01 Å². The first-order valence-electron chi connectivity index (χ1n) is 19.5. The lowest BCUT2D eigenvalue weighted by molar-refractivity contribution is -0.138. The molecule has 2 heterocycles. The Kier molecular flexibility index (Phi) is 10.3. The molecule has 5 aromatic carbocycles. The number of nitrogens with zero attached hydrogens (tertiary/aromatic N) is 2. The average molecular weight is 922 g/mol. The largest absolute Gasteiger partial charge is 0.504 e. The predicted octanol–water partition coefficient (Wildman–Crippen LogP) is 8.90. The Hall–Kier alpha value is -5.95. The highest BCUT2D eigenvalue weighted by atomic mass is 79.9. The number of fused-ring (bicyclic) bond motifs is 4. The van der Waals surface area contributed by atoms with Crippen LogP contribution in [0, 0.1) is 23.7 Å². The fourth-order valence-corrected chi connectivity index (χ4v) is 10.8. The number of anilines is 2. The quantitative estimate of drug-likeness (QED) is 0.0842. The van der Waals surface area contributed by atoms with Gasteiger partial charge in [0.25, 0.3) is 11.8 Å². The second-order valence-corrected chi connectivity index (χ2v) is 17.3. The number of nitrogens with one attached hydrogen (secondary N) is 1. The average Bonchev–Trinajstić information content (AvgIpc) is 3.65. The van der Waals surface area contributed by atoms with Crippen molar-refractivity contribution in [2.75, 3.05) is 24.5 Å². The number of phenols is 1. The number of rotatable bonds is 9. The van der Waals surface area contributed by atoms with Crippen LogP contribution in [0.2, 0.25) is 10.0 Å². The van der Waals surface area contributed by atoms with Gasteiger partial charge in [0.05, 0.1) is 53.8 Å². The molecule has 6 atom stereocenters. The maximum absolute atomic E-state index is 15.6. The summed E-state index contributed by atoms with van der Waals surface area (Å²) < 4.78 is 11.6. The van der Waals surface area contributed by atoms with Gasteiger partial charge in [0.2, 0.25) is 11.8 Å². The number of ether oxygens (including phenoxy) is 2. The van der Waals surface area contributed by atoms with Gasteiger partial charge in [0.1, 0.15) is 5.75 Å². The molecule has 11 nitrogen and oxygen atoms in total. The van der Waals surface area contributed by atoms with E-state index in [-0.39, 0.29) is 46.4 Å². The fourth-order valence-electron chi connectivity index (χ4n) is 9.93.